The summed E-state index contributed by atoms with van der Waals surface area (Å²) in [5, 5.41) is 8.41. The van der Waals surface area contributed by atoms with Gasteiger partial charge in [0, 0.05) is 19.8 Å². The lowest BCUT2D eigenvalue weighted by molar-refractivity contribution is -0.275. The molecule has 0 aliphatic heterocycles. The van der Waals surface area contributed by atoms with Gasteiger partial charge >= 0.3 is 5.97 Å². The molecule has 0 heterocycles. The van der Waals surface area contributed by atoms with Gasteiger partial charge in [0.25, 0.3) is 6.48 Å². The summed E-state index contributed by atoms with van der Waals surface area (Å²) in [6, 6.07) is 0. The first-order chi connectivity index (χ1) is 9.70. The third kappa shape index (κ3) is 13.5. The van der Waals surface area contributed by atoms with E-state index < -0.39 is 12.4 Å². The molecule has 0 aromatic heterocycles. The van der Waals surface area contributed by atoms with Crippen molar-refractivity contribution < 1.29 is 24.1 Å². The lowest BCUT2D eigenvalue weighted by Crippen LogP contribution is -2.19. The molecule has 0 bridgehead atoms. The molecule has 0 rings (SSSR count). The Labute approximate surface area is 121 Å². The first-order valence-corrected chi connectivity index (χ1v) is 7.36. The second-order valence-electron chi connectivity index (χ2n) is 4.50. The third-order valence-corrected chi connectivity index (χ3v) is 2.77. The Hall–Kier alpha value is -0.910. The number of hydrogen-bond donors (Lipinski definition) is 1. The molecule has 118 valence electrons. The minimum absolute atomic E-state index is 0.541. The Balaban J connectivity index is 3.22. The molecule has 0 saturated heterocycles. The van der Waals surface area contributed by atoms with Crippen molar-refractivity contribution in [3.05, 3.63) is 12.2 Å². The number of hydrogen-bond acceptors (Lipinski definition) is 4. The molecule has 0 spiro atoms. The molecule has 5 heteroatoms. The molecule has 0 saturated carbocycles. The van der Waals surface area contributed by atoms with E-state index in [2.05, 4.69) is 0 Å². The zero-order valence-electron chi connectivity index (χ0n) is 12.7. The van der Waals surface area contributed by atoms with Gasteiger partial charge in [0.15, 0.2) is 0 Å². The van der Waals surface area contributed by atoms with Gasteiger partial charge in [-0.25, -0.2) is 4.79 Å². The minimum Gasteiger partial charge on any atom is -0.478 e. The highest BCUT2D eigenvalue weighted by Gasteiger charge is 2.04. The molecule has 0 aliphatic carbocycles. The Bertz CT molecular complexity index is 253. The maximum absolute atomic E-state index is 10.2. The quantitative estimate of drug-likeness (QED) is 0.302. The van der Waals surface area contributed by atoms with E-state index >= 15 is 0 Å². The molecule has 5 nitrogen and oxygen atoms in total. The Morgan fingerprint density at radius 2 is 1.75 bits per heavy atom. The monoisotopic (exact) mass is 288 g/mol. The number of carbonyl (C=O) groups is 1. The predicted octanol–water partition coefficient (Wildman–Crippen LogP) is 3.34. The normalized spacial score (nSPS) is 12.9. The van der Waals surface area contributed by atoms with E-state index in [-0.39, 0.29) is 0 Å². The van der Waals surface area contributed by atoms with Crippen LogP contribution in [0.1, 0.15) is 51.9 Å². The van der Waals surface area contributed by atoms with Gasteiger partial charge in [0.05, 0.1) is 6.61 Å². The third-order valence-electron chi connectivity index (χ3n) is 2.77. The predicted molar refractivity (Wildman–Crippen MR) is 77.5 cm³/mol. The molecule has 1 atom stereocenters. The second-order valence-corrected chi connectivity index (χ2v) is 4.50. The summed E-state index contributed by atoms with van der Waals surface area (Å²) >= 11 is 0. The number of allylic oxidation sites excluding steroid dienone is 1. The zero-order valence-corrected chi connectivity index (χ0v) is 12.7. The molecule has 0 fully saturated rings. The van der Waals surface area contributed by atoms with Crippen LogP contribution in [0.4, 0.5) is 0 Å². The number of aliphatic carboxylic acids is 1. The smallest absolute Gasteiger partial charge is 0.327 e. The SMILES string of the molecule is CCOC(OC)OCCCCCCCC/C=C/C(=O)O. The fourth-order valence-electron chi connectivity index (χ4n) is 1.76. The van der Waals surface area contributed by atoms with E-state index in [4.69, 9.17) is 19.3 Å². The molecule has 0 amide bonds. The van der Waals surface area contributed by atoms with Crippen molar-refractivity contribution in [2.75, 3.05) is 20.3 Å². The molecular formula is C15H28O5. The first kappa shape index (κ1) is 19.1. The van der Waals surface area contributed by atoms with Gasteiger partial charge in [-0.05, 0) is 26.2 Å². The van der Waals surface area contributed by atoms with Crippen LogP contribution in [0.5, 0.6) is 0 Å². The van der Waals surface area contributed by atoms with Crippen LogP contribution < -0.4 is 0 Å². The van der Waals surface area contributed by atoms with Gasteiger partial charge in [-0.2, -0.15) is 0 Å². The van der Waals surface area contributed by atoms with E-state index in [1.54, 1.807) is 13.2 Å². The summed E-state index contributed by atoms with van der Waals surface area (Å²) in [4.78, 5) is 10.2. The van der Waals surface area contributed by atoms with E-state index in [1.165, 1.54) is 18.9 Å². The van der Waals surface area contributed by atoms with Gasteiger partial charge in [-0.1, -0.05) is 31.8 Å². The minimum atomic E-state index is -0.869. The van der Waals surface area contributed by atoms with Crippen molar-refractivity contribution in [3.63, 3.8) is 0 Å². The maximum atomic E-state index is 10.2. The summed E-state index contributed by atoms with van der Waals surface area (Å²) in [6.07, 6.45) is 10.5. The number of ether oxygens (including phenoxy) is 3. The number of carboxylic acid groups (broad SMARTS) is 1. The second kappa shape index (κ2) is 14.5. The number of rotatable bonds is 14. The van der Waals surface area contributed by atoms with Crippen molar-refractivity contribution in [1.82, 2.24) is 0 Å². The molecule has 0 aromatic rings. The van der Waals surface area contributed by atoms with Gasteiger partial charge in [-0.3, -0.25) is 0 Å². The highest BCUT2D eigenvalue weighted by Crippen LogP contribution is 2.08. The largest absolute Gasteiger partial charge is 0.478 e. The topological polar surface area (TPSA) is 65.0 Å². The van der Waals surface area contributed by atoms with E-state index in [0.717, 1.165) is 32.1 Å². The van der Waals surface area contributed by atoms with Crippen molar-refractivity contribution >= 4 is 5.97 Å². The molecule has 1 unspecified atom stereocenters. The number of methoxy groups -OCH3 is 1. The van der Waals surface area contributed by atoms with Crippen molar-refractivity contribution in [1.29, 1.82) is 0 Å². The summed E-state index contributed by atoms with van der Waals surface area (Å²) in [6.45, 7) is 2.59. The zero-order chi connectivity index (χ0) is 15.1. The van der Waals surface area contributed by atoms with Crippen LogP contribution in [0, 0.1) is 0 Å². The standard InChI is InChI=1S/C15H28O5/c1-3-19-15(18-2)20-13-11-9-7-5-4-6-8-10-12-14(16)17/h10,12,15H,3-9,11,13H2,1-2H3,(H,16,17)/b12-10+. The van der Waals surface area contributed by atoms with Crippen molar-refractivity contribution in [2.24, 2.45) is 0 Å². The van der Waals surface area contributed by atoms with Crippen LogP contribution in [0.3, 0.4) is 0 Å². The molecule has 20 heavy (non-hydrogen) atoms. The molecule has 0 aromatic carbocycles. The van der Waals surface area contributed by atoms with Gasteiger partial charge in [-0.15, -0.1) is 0 Å². The average Bonchev–Trinajstić information content (AvgIpc) is 2.43. The fourth-order valence-corrected chi connectivity index (χ4v) is 1.76. The van der Waals surface area contributed by atoms with Gasteiger partial charge in [0.2, 0.25) is 0 Å². The van der Waals surface area contributed by atoms with E-state index in [0.29, 0.717) is 13.2 Å². The van der Waals surface area contributed by atoms with Crippen molar-refractivity contribution in [3.8, 4) is 0 Å². The highest BCUT2D eigenvalue weighted by molar-refractivity contribution is 5.79. The Morgan fingerprint density at radius 1 is 1.10 bits per heavy atom. The summed E-state index contributed by atoms with van der Waals surface area (Å²) < 4.78 is 15.6. The number of carboxylic acids is 1. The average molecular weight is 288 g/mol. The van der Waals surface area contributed by atoms with Crippen LogP contribution in [0.15, 0.2) is 12.2 Å². The fraction of sp³-hybridized carbons (Fsp3) is 0.800. The highest BCUT2D eigenvalue weighted by atomic mass is 16.8. The summed E-state index contributed by atoms with van der Waals surface area (Å²) in [7, 11) is 1.57. The summed E-state index contributed by atoms with van der Waals surface area (Å²) in [5.41, 5.74) is 0. The van der Waals surface area contributed by atoms with Crippen LogP contribution in [-0.2, 0) is 19.0 Å². The van der Waals surface area contributed by atoms with Crippen LogP contribution in [0.2, 0.25) is 0 Å². The lowest BCUT2D eigenvalue weighted by Gasteiger charge is -2.15. The van der Waals surface area contributed by atoms with E-state index in [1.807, 2.05) is 6.92 Å². The Kier molecular flexibility index (Phi) is 13.8. The molecule has 0 radical (unpaired) electrons. The van der Waals surface area contributed by atoms with Crippen LogP contribution in [-0.4, -0.2) is 37.9 Å². The molecular weight excluding hydrogens is 260 g/mol. The Morgan fingerprint density at radius 3 is 2.35 bits per heavy atom. The number of unbranched alkanes of at least 4 members (excludes halogenated alkanes) is 6. The first-order valence-electron chi connectivity index (χ1n) is 7.36. The van der Waals surface area contributed by atoms with E-state index in [9.17, 15) is 4.79 Å². The summed E-state index contributed by atoms with van der Waals surface area (Å²) in [5.74, 6) is -0.869. The van der Waals surface area contributed by atoms with Gasteiger partial charge in [0.1, 0.15) is 0 Å². The molecule has 0 aliphatic rings. The van der Waals surface area contributed by atoms with Crippen LogP contribution >= 0.6 is 0 Å². The van der Waals surface area contributed by atoms with Crippen LogP contribution in [0.25, 0.3) is 0 Å². The van der Waals surface area contributed by atoms with Gasteiger partial charge < -0.3 is 19.3 Å². The van der Waals surface area contributed by atoms with Crippen molar-refractivity contribution in [2.45, 2.75) is 58.3 Å². The lowest BCUT2D eigenvalue weighted by atomic mass is 10.1. The maximum Gasteiger partial charge on any atom is 0.327 e. The molecule has 1 N–H and O–H groups in total.